The van der Waals surface area contributed by atoms with E-state index in [4.69, 9.17) is 5.73 Å². The van der Waals surface area contributed by atoms with Crippen molar-refractivity contribution in [3.8, 4) is 0 Å². The summed E-state index contributed by atoms with van der Waals surface area (Å²) in [7, 11) is -2.85. The Kier molecular flexibility index (Phi) is 5.05. The van der Waals surface area contributed by atoms with Gasteiger partial charge in [-0.3, -0.25) is 4.90 Å². The van der Waals surface area contributed by atoms with Gasteiger partial charge in [0.1, 0.15) is 9.84 Å². The van der Waals surface area contributed by atoms with E-state index in [1.54, 1.807) is 6.92 Å². The molecular weight excluding hydrogens is 272 g/mol. The predicted molar refractivity (Wildman–Crippen MR) is 83.2 cm³/mol. The Balaban J connectivity index is 1.90. The standard InChI is InChI=1S/C15H24N2O2S/c1-2-20(18,19)11-5-10-17(14-8-9-14)12-13-6-3-4-7-15(13)16/h3-4,6-7,14H,2,5,8-12,16H2,1H3. The largest absolute Gasteiger partial charge is 0.398 e. The van der Waals surface area contributed by atoms with Gasteiger partial charge in [-0.1, -0.05) is 25.1 Å². The van der Waals surface area contributed by atoms with Crippen LogP contribution in [0.1, 0.15) is 31.7 Å². The molecule has 20 heavy (non-hydrogen) atoms. The van der Waals surface area contributed by atoms with Crippen LogP contribution in [-0.2, 0) is 16.4 Å². The fourth-order valence-corrected chi connectivity index (χ4v) is 3.22. The number of para-hydroxylation sites is 1. The van der Waals surface area contributed by atoms with Gasteiger partial charge >= 0.3 is 0 Å². The molecule has 0 radical (unpaired) electrons. The molecule has 0 spiro atoms. The number of hydrogen-bond donors (Lipinski definition) is 1. The van der Waals surface area contributed by atoms with Gasteiger partial charge < -0.3 is 5.73 Å². The van der Waals surface area contributed by atoms with Crippen LogP contribution < -0.4 is 5.73 Å². The Morgan fingerprint density at radius 1 is 1.30 bits per heavy atom. The van der Waals surface area contributed by atoms with Gasteiger partial charge in [0.05, 0.1) is 5.75 Å². The molecule has 0 heterocycles. The molecule has 1 aliphatic rings. The number of nitrogens with zero attached hydrogens (tertiary/aromatic N) is 1. The summed E-state index contributed by atoms with van der Waals surface area (Å²) in [6.07, 6.45) is 3.14. The Bertz CT molecular complexity index is 539. The first kappa shape index (κ1) is 15.3. The summed E-state index contributed by atoms with van der Waals surface area (Å²) in [4.78, 5) is 2.37. The van der Waals surface area contributed by atoms with Crippen molar-refractivity contribution < 1.29 is 8.42 Å². The lowest BCUT2D eigenvalue weighted by Crippen LogP contribution is -2.28. The zero-order valence-corrected chi connectivity index (χ0v) is 12.9. The summed E-state index contributed by atoms with van der Waals surface area (Å²) in [5, 5.41) is 0. The van der Waals surface area contributed by atoms with Crippen molar-refractivity contribution in [1.29, 1.82) is 0 Å². The van der Waals surface area contributed by atoms with Crippen LogP contribution in [0.25, 0.3) is 0 Å². The van der Waals surface area contributed by atoms with Crippen LogP contribution >= 0.6 is 0 Å². The Morgan fingerprint density at radius 3 is 2.60 bits per heavy atom. The lowest BCUT2D eigenvalue weighted by molar-refractivity contribution is 0.256. The van der Waals surface area contributed by atoms with Crippen LogP contribution in [0.3, 0.4) is 0 Å². The third-order valence-corrected chi connectivity index (χ3v) is 5.62. The normalized spacial score (nSPS) is 15.7. The summed E-state index contributed by atoms with van der Waals surface area (Å²) in [5.74, 6) is 0.527. The molecule has 2 N–H and O–H groups in total. The molecule has 1 aliphatic carbocycles. The maximum absolute atomic E-state index is 11.5. The fraction of sp³-hybridized carbons (Fsp3) is 0.600. The van der Waals surface area contributed by atoms with Gasteiger partial charge in [0.15, 0.2) is 0 Å². The van der Waals surface area contributed by atoms with E-state index in [9.17, 15) is 8.42 Å². The summed E-state index contributed by atoms with van der Waals surface area (Å²) < 4.78 is 23.1. The van der Waals surface area contributed by atoms with E-state index in [-0.39, 0.29) is 11.5 Å². The van der Waals surface area contributed by atoms with Crippen LogP contribution in [-0.4, -0.2) is 37.4 Å². The van der Waals surface area contributed by atoms with E-state index in [0.29, 0.717) is 12.5 Å². The summed E-state index contributed by atoms with van der Waals surface area (Å²) in [6.45, 7) is 3.36. The van der Waals surface area contributed by atoms with Crippen molar-refractivity contribution in [2.45, 2.75) is 38.8 Å². The number of sulfone groups is 1. The second-order valence-electron chi connectivity index (χ2n) is 5.49. The Labute approximate surface area is 121 Å². The van der Waals surface area contributed by atoms with Crippen molar-refractivity contribution in [3.63, 3.8) is 0 Å². The highest BCUT2D eigenvalue weighted by molar-refractivity contribution is 7.91. The molecule has 4 nitrogen and oxygen atoms in total. The molecule has 1 aromatic carbocycles. The molecular formula is C15H24N2O2S. The van der Waals surface area contributed by atoms with Gasteiger partial charge in [-0.05, 0) is 37.4 Å². The van der Waals surface area contributed by atoms with Gasteiger partial charge in [0.25, 0.3) is 0 Å². The summed E-state index contributed by atoms with van der Waals surface area (Å²) >= 11 is 0. The highest BCUT2D eigenvalue weighted by Gasteiger charge is 2.29. The molecule has 0 atom stereocenters. The van der Waals surface area contributed by atoms with E-state index < -0.39 is 9.84 Å². The molecule has 0 bridgehead atoms. The first-order valence-electron chi connectivity index (χ1n) is 7.29. The molecule has 5 heteroatoms. The number of nitrogen functional groups attached to an aromatic ring is 1. The van der Waals surface area contributed by atoms with Crippen LogP contribution in [0, 0.1) is 0 Å². The van der Waals surface area contributed by atoms with Crippen LogP contribution in [0.5, 0.6) is 0 Å². The van der Waals surface area contributed by atoms with Crippen molar-refractivity contribution in [1.82, 2.24) is 4.90 Å². The number of nitrogens with two attached hydrogens (primary N) is 1. The second kappa shape index (κ2) is 6.59. The first-order chi connectivity index (χ1) is 9.52. The monoisotopic (exact) mass is 296 g/mol. The van der Waals surface area contributed by atoms with Gasteiger partial charge in [-0.15, -0.1) is 0 Å². The number of anilines is 1. The minimum atomic E-state index is -2.85. The van der Waals surface area contributed by atoms with Crippen molar-refractivity contribution in [3.05, 3.63) is 29.8 Å². The average molecular weight is 296 g/mol. The third kappa shape index (κ3) is 4.49. The quantitative estimate of drug-likeness (QED) is 0.746. The molecule has 0 saturated heterocycles. The van der Waals surface area contributed by atoms with E-state index >= 15 is 0 Å². The van der Waals surface area contributed by atoms with E-state index in [1.807, 2.05) is 24.3 Å². The maximum Gasteiger partial charge on any atom is 0.150 e. The molecule has 2 rings (SSSR count). The number of rotatable bonds is 8. The molecule has 1 aromatic rings. The molecule has 0 aromatic heterocycles. The Morgan fingerprint density at radius 2 is 2.00 bits per heavy atom. The highest BCUT2D eigenvalue weighted by Crippen LogP contribution is 2.29. The van der Waals surface area contributed by atoms with E-state index in [0.717, 1.165) is 24.3 Å². The molecule has 0 aliphatic heterocycles. The minimum absolute atomic E-state index is 0.238. The Hall–Kier alpha value is -1.07. The van der Waals surface area contributed by atoms with Gasteiger partial charge in [0.2, 0.25) is 0 Å². The molecule has 1 saturated carbocycles. The number of benzene rings is 1. The zero-order valence-electron chi connectivity index (χ0n) is 12.1. The van der Waals surface area contributed by atoms with Crippen molar-refractivity contribution in [2.75, 3.05) is 23.8 Å². The van der Waals surface area contributed by atoms with Crippen LogP contribution in [0.2, 0.25) is 0 Å². The zero-order chi connectivity index (χ0) is 14.6. The molecule has 0 unspecified atom stereocenters. The average Bonchev–Trinajstić information content (AvgIpc) is 3.24. The van der Waals surface area contributed by atoms with Crippen LogP contribution in [0.15, 0.2) is 24.3 Å². The number of hydrogen-bond acceptors (Lipinski definition) is 4. The van der Waals surface area contributed by atoms with E-state index in [1.165, 1.54) is 12.8 Å². The van der Waals surface area contributed by atoms with Gasteiger partial charge in [-0.25, -0.2) is 8.42 Å². The third-order valence-electron chi connectivity index (χ3n) is 3.83. The van der Waals surface area contributed by atoms with E-state index in [2.05, 4.69) is 4.90 Å². The second-order valence-corrected chi connectivity index (χ2v) is 7.96. The molecule has 0 amide bonds. The first-order valence-corrected chi connectivity index (χ1v) is 9.12. The minimum Gasteiger partial charge on any atom is -0.398 e. The van der Waals surface area contributed by atoms with Crippen molar-refractivity contribution >= 4 is 15.5 Å². The lowest BCUT2D eigenvalue weighted by atomic mass is 10.1. The van der Waals surface area contributed by atoms with Gasteiger partial charge in [-0.2, -0.15) is 0 Å². The summed E-state index contributed by atoms with van der Waals surface area (Å²) in [5.41, 5.74) is 7.94. The predicted octanol–water partition coefficient (Wildman–Crippen LogP) is 2.06. The van der Waals surface area contributed by atoms with Crippen LogP contribution in [0.4, 0.5) is 5.69 Å². The van der Waals surface area contributed by atoms with Crippen molar-refractivity contribution in [2.24, 2.45) is 0 Å². The fourth-order valence-electron chi connectivity index (χ4n) is 2.36. The topological polar surface area (TPSA) is 63.4 Å². The molecule has 1 fully saturated rings. The maximum atomic E-state index is 11.5. The summed E-state index contributed by atoms with van der Waals surface area (Å²) in [6, 6.07) is 8.51. The lowest BCUT2D eigenvalue weighted by Gasteiger charge is -2.22. The SMILES string of the molecule is CCS(=O)(=O)CCCN(Cc1ccccc1N)C1CC1. The smallest absolute Gasteiger partial charge is 0.150 e. The highest BCUT2D eigenvalue weighted by atomic mass is 32.2. The molecule has 112 valence electrons. The van der Waals surface area contributed by atoms with Gasteiger partial charge in [0, 0.05) is 24.0 Å².